The van der Waals surface area contributed by atoms with E-state index in [0.29, 0.717) is 25.2 Å². The van der Waals surface area contributed by atoms with Crippen LogP contribution in [-0.4, -0.2) is 32.3 Å². The van der Waals surface area contributed by atoms with Gasteiger partial charge in [0.1, 0.15) is 0 Å². The Labute approximate surface area is 184 Å². The summed E-state index contributed by atoms with van der Waals surface area (Å²) < 4.78 is 28.1. The van der Waals surface area contributed by atoms with E-state index in [9.17, 15) is 13.2 Å². The zero-order valence-electron chi connectivity index (χ0n) is 17.6. The molecule has 0 saturated carbocycles. The summed E-state index contributed by atoms with van der Waals surface area (Å²) in [6.45, 7) is 3.48. The van der Waals surface area contributed by atoms with Gasteiger partial charge in [-0.25, -0.2) is 8.42 Å². The number of carbonyl (C=O) groups is 1. The van der Waals surface area contributed by atoms with Crippen LogP contribution >= 0.6 is 0 Å². The van der Waals surface area contributed by atoms with Gasteiger partial charge in [0.2, 0.25) is 0 Å². The number of anilines is 1. The molecular formula is C25H26N2O3S. The van der Waals surface area contributed by atoms with Gasteiger partial charge in [0.25, 0.3) is 15.9 Å². The zero-order valence-corrected chi connectivity index (χ0v) is 18.4. The summed E-state index contributed by atoms with van der Waals surface area (Å²) in [7, 11) is -3.68. The number of para-hydroxylation sites is 1. The predicted molar refractivity (Wildman–Crippen MR) is 123 cm³/mol. The summed E-state index contributed by atoms with van der Waals surface area (Å²) in [6.07, 6.45) is 1.67. The average Bonchev–Trinajstić information content (AvgIpc) is 2.82. The monoisotopic (exact) mass is 434 g/mol. The molecule has 0 aromatic heterocycles. The first-order valence-corrected chi connectivity index (χ1v) is 12.0. The lowest BCUT2D eigenvalue weighted by molar-refractivity contribution is 0.0752. The SMILES string of the molecule is CCN(Cc1ccccc1)C(=O)c1ccc(S(=O)(=O)N2CCCc3ccccc32)cc1. The molecule has 3 aromatic carbocycles. The molecule has 0 saturated heterocycles. The summed E-state index contributed by atoms with van der Waals surface area (Å²) >= 11 is 0. The van der Waals surface area contributed by atoms with Crippen molar-refractivity contribution in [3.63, 3.8) is 0 Å². The molecular weight excluding hydrogens is 408 g/mol. The minimum Gasteiger partial charge on any atom is -0.335 e. The van der Waals surface area contributed by atoms with Gasteiger partial charge in [0.15, 0.2) is 0 Å². The van der Waals surface area contributed by atoms with Crippen LogP contribution in [0.4, 0.5) is 5.69 Å². The van der Waals surface area contributed by atoms with Gasteiger partial charge in [-0.2, -0.15) is 0 Å². The first-order valence-electron chi connectivity index (χ1n) is 10.5. The lowest BCUT2D eigenvalue weighted by Crippen LogP contribution is -2.35. The number of hydrogen-bond donors (Lipinski definition) is 0. The van der Waals surface area contributed by atoms with Gasteiger partial charge in [-0.05, 0) is 61.2 Å². The lowest BCUT2D eigenvalue weighted by atomic mass is 10.0. The number of amides is 1. The Morgan fingerprint density at radius 1 is 0.935 bits per heavy atom. The summed E-state index contributed by atoms with van der Waals surface area (Å²) in [5.41, 5.74) is 3.33. The standard InChI is InChI=1S/C25H26N2O3S/c1-2-26(19-20-9-4-3-5-10-20)25(28)22-14-16-23(17-15-22)31(29,30)27-18-8-12-21-11-6-7-13-24(21)27/h3-7,9-11,13-17H,2,8,12,18-19H2,1H3. The van der Waals surface area contributed by atoms with Crippen LogP contribution in [0, 0.1) is 0 Å². The Bertz CT molecular complexity index is 1160. The molecule has 0 unspecified atom stereocenters. The second-order valence-electron chi connectivity index (χ2n) is 7.64. The van der Waals surface area contributed by atoms with E-state index < -0.39 is 10.0 Å². The van der Waals surface area contributed by atoms with Gasteiger partial charge in [-0.3, -0.25) is 9.10 Å². The van der Waals surface area contributed by atoms with Gasteiger partial charge in [-0.15, -0.1) is 0 Å². The first kappa shape index (κ1) is 21.1. The molecule has 0 N–H and O–H groups in total. The number of aryl methyl sites for hydroxylation is 1. The predicted octanol–water partition coefficient (Wildman–Crippen LogP) is 4.49. The lowest BCUT2D eigenvalue weighted by Gasteiger charge is -2.30. The van der Waals surface area contributed by atoms with Crippen LogP contribution < -0.4 is 4.31 Å². The van der Waals surface area contributed by atoms with Crippen molar-refractivity contribution < 1.29 is 13.2 Å². The summed E-state index contributed by atoms with van der Waals surface area (Å²) in [5.74, 6) is -0.112. The number of nitrogens with zero attached hydrogens (tertiary/aromatic N) is 2. The van der Waals surface area contributed by atoms with Crippen LogP contribution in [0.1, 0.15) is 34.8 Å². The summed E-state index contributed by atoms with van der Waals surface area (Å²) in [6, 6.07) is 23.7. The topological polar surface area (TPSA) is 57.7 Å². The Morgan fingerprint density at radius 2 is 1.61 bits per heavy atom. The van der Waals surface area contributed by atoms with Crippen molar-refractivity contribution in [1.82, 2.24) is 4.90 Å². The minimum absolute atomic E-state index is 0.112. The van der Waals surface area contributed by atoms with Crippen molar-refractivity contribution in [3.8, 4) is 0 Å². The maximum atomic E-state index is 13.3. The van der Waals surface area contributed by atoms with Crippen LogP contribution in [0.2, 0.25) is 0 Å². The maximum Gasteiger partial charge on any atom is 0.264 e. The number of sulfonamides is 1. The molecule has 1 amide bonds. The quantitative estimate of drug-likeness (QED) is 0.574. The molecule has 4 rings (SSSR count). The normalized spacial score (nSPS) is 13.5. The second-order valence-corrected chi connectivity index (χ2v) is 9.50. The van der Waals surface area contributed by atoms with Crippen LogP contribution in [0.5, 0.6) is 0 Å². The van der Waals surface area contributed by atoms with Crippen LogP contribution in [0.15, 0.2) is 83.8 Å². The number of carbonyl (C=O) groups excluding carboxylic acids is 1. The summed E-state index contributed by atoms with van der Waals surface area (Å²) in [4.78, 5) is 14.9. The van der Waals surface area contributed by atoms with Crippen LogP contribution in [0.3, 0.4) is 0 Å². The van der Waals surface area contributed by atoms with Crippen molar-refractivity contribution in [1.29, 1.82) is 0 Å². The van der Waals surface area contributed by atoms with Crippen molar-refractivity contribution in [2.24, 2.45) is 0 Å². The Kier molecular flexibility index (Phi) is 6.09. The van der Waals surface area contributed by atoms with E-state index in [4.69, 9.17) is 0 Å². The van der Waals surface area contributed by atoms with Gasteiger partial charge in [0.05, 0.1) is 10.6 Å². The summed E-state index contributed by atoms with van der Waals surface area (Å²) in [5, 5.41) is 0. The number of fused-ring (bicyclic) bond motifs is 1. The Morgan fingerprint density at radius 3 is 2.32 bits per heavy atom. The highest BCUT2D eigenvalue weighted by Crippen LogP contribution is 2.31. The molecule has 160 valence electrons. The van der Waals surface area contributed by atoms with Gasteiger partial charge in [-0.1, -0.05) is 48.5 Å². The molecule has 1 heterocycles. The molecule has 5 nitrogen and oxygen atoms in total. The third-order valence-electron chi connectivity index (χ3n) is 5.64. The molecule has 0 atom stereocenters. The maximum absolute atomic E-state index is 13.3. The molecule has 3 aromatic rings. The largest absolute Gasteiger partial charge is 0.335 e. The highest BCUT2D eigenvalue weighted by Gasteiger charge is 2.29. The number of rotatable bonds is 6. The molecule has 0 fully saturated rings. The fourth-order valence-corrected chi connectivity index (χ4v) is 5.50. The molecule has 1 aliphatic heterocycles. The van der Waals surface area contributed by atoms with E-state index in [2.05, 4.69) is 0 Å². The highest BCUT2D eigenvalue weighted by atomic mass is 32.2. The van der Waals surface area contributed by atoms with E-state index in [0.717, 1.165) is 29.7 Å². The van der Waals surface area contributed by atoms with E-state index >= 15 is 0 Å². The third-order valence-corrected chi connectivity index (χ3v) is 7.47. The fourth-order valence-electron chi connectivity index (χ4n) is 3.96. The molecule has 1 aliphatic rings. The first-order chi connectivity index (χ1) is 15.0. The van der Waals surface area contributed by atoms with Gasteiger partial charge < -0.3 is 4.90 Å². The average molecular weight is 435 g/mol. The molecule has 0 radical (unpaired) electrons. The van der Waals surface area contributed by atoms with Gasteiger partial charge >= 0.3 is 0 Å². The van der Waals surface area contributed by atoms with Crippen molar-refractivity contribution in [2.75, 3.05) is 17.4 Å². The second kappa shape index (κ2) is 8.94. The van der Waals surface area contributed by atoms with E-state index in [-0.39, 0.29) is 10.8 Å². The Hall–Kier alpha value is -3.12. The van der Waals surface area contributed by atoms with Crippen LogP contribution in [0.25, 0.3) is 0 Å². The number of benzene rings is 3. The van der Waals surface area contributed by atoms with Crippen molar-refractivity contribution in [2.45, 2.75) is 31.2 Å². The fraction of sp³-hybridized carbons (Fsp3) is 0.240. The number of hydrogen-bond acceptors (Lipinski definition) is 3. The highest BCUT2D eigenvalue weighted by molar-refractivity contribution is 7.92. The molecule has 0 spiro atoms. The molecule has 0 aliphatic carbocycles. The van der Waals surface area contributed by atoms with Crippen molar-refractivity contribution >= 4 is 21.6 Å². The van der Waals surface area contributed by atoms with E-state index in [1.807, 2.05) is 61.5 Å². The van der Waals surface area contributed by atoms with E-state index in [1.165, 1.54) is 16.4 Å². The van der Waals surface area contributed by atoms with Gasteiger partial charge in [0, 0.05) is 25.2 Å². The smallest absolute Gasteiger partial charge is 0.264 e. The molecule has 0 bridgehead atoms. The third kappa shape index (κ3) is 4.35. The molecule has 6 heteroatoms. The molecule has 31 heavy (non-hydrogen) atoms. The zero-order chi connectivity index (χ0) is 21.8. The van der Waals surface area contributed by atoms with Crippen molar-refractivity contribution in [3.05, 3.63) is 95.6 Å². The van der Waals surface area contributed by atoms with E-state index in [1.54, 1.807) is 17.0 Å². The Balaban J connectivity index is 1.56. The minimum atomic E-state index is -3.68. The van der Waals surface area contributed by atoms with Crippen LogP contribution in [-0.2, 0) is 23.0 Å².